The summed E-state index contributed by atoms with van der Waals surface area (Å²) in [5.74, 6) is 1.39. The maximum atomic E-state index is 11.3. The van der Waals surface area contributed by atoms with Crippen molar-refractivity contribution in [2.45, 2.75) is 13.3 Å². The van der Waals surface area contributed by atoms with Crippen molar-refractivity contribution in [1.29, 1.82) is 0 Å². The van der Waals surface area contributed by atoms with Crippen LogP contribution in [0.2, 0.25) is 0 Å². The molecule has 1 amide bonds. The van der Waals surface area contributed by atoms with Crippen LogP contribution >= 0.6 is 0 Å². The van der Waals surface area contributed by atoms with E-state index in [1.807, 2.05) is 31.2 Å². The minimum Gasteiger partial charge on any atom is -0.494 e. The molecule has 4 nitrogen and oxygen atoms in total. The minimum absolute atomic E-state index is 0.0599. The van der Waals surface area contributed by atoms with Gasteiger partial charge >= 0.3 is 0 Å². The number of hydrogen-bond acceptors (Lipinski definition) is 3. The molecule has 0 radical (unpaired) electrons. The molecule has 88 valence electrons. The fraction of sp³-hybridized carbons (Fsp3) is 0.385. The van der Waals surface area contributed by atoms with Gasteiger partial charge in [-0.3, -0.25) is 4.79 Å². The molecular weight excluding hydrogens is 216 g/mol. The van der Waals surface area contributed by atoms with Crippen molar-refractivity contribution in [2.75, 3.05) is 6.61 Å². The molecular formula is C13H14N2O2. The first-order valence-corrected chi connectivity index (χ1v) is 5.90. The first-order valence-electron chi connectivity index (χ1n) is 5.90. The molecule has 1 aromatic rings. The van der Waals surface area contributed by atoms with Gasteiger partial charge in [-0.2, -0.15) is 5.10 Å². The molecule has 1 aromatic carbocycles. The number of amides is 1. The molecule has 4 heteroatoms. The van der Waals surface area contributed by atoms with Crippen LogP contribution in [0.3, 0.4) is 0 Å². The standard InChI is InChI=1S/C13H14N2O2/c1-2-17-9-5-3-8(4-6-9)12-10-7-11(10)13(16)15-14-12/h3-6,10-11H,2,7H2,1H3,(H,15,16)/t10-,11-/m1/s1. The second-order valence-corrected chi connectivity index (χ2v) is 4.38. The smallest absolute Gasteiger partial charge is 0.243 e. The van der Waals surface area contributed by atoms with Gasteiger partial charge in [-0.25, -0.2) is 5.43 Å². The predicted octanol–water partition coefficient (Wildman–Crippen LogP) is 1.56. The maximum absolute atomic E-state index is 11.3. The lowest BCUT2D eigenvalue weighted by molar-refractivity contribution is -0.122. The number of fused-ring (bicyclic) bond motifs is 1. The maximum Gasteiger partial charge on any atom is 0.243 e. The fourth-order valence-corrected chi connectivity index (χ4v) is 2.24. The van der Waals surface area contributed by atoms with E-state index in [9.17, 15) is 4.79 Å². The summed E-state index contributed by atoms with van der Waals surface area (Å²) in [5.41, 5.74) is 4.65. The third kappa shape index (κ3) is 1.79. The van der Waals surface area contributed by atoms with E-state index in [-0.39, 0.29) is 11.8 Å². The van der Waals surface area contributed by atoms with Gasteiger partial charge in [0, 0.05) is 11.8 Å². The highest BCUT2D eigenvalue weighted by Crippen LogP contribution is 2.43. The van der Waals surface area contributed by atoms with Gasteiger partial charge in [0.25, 0.3) is 0 Å². The highest BCUT2D eigenvalue weighted by atomic mass is 16.5. The quantitative estimate of drug-likeness (QED) is 0.856. The molecule has 17 heavy (non-hydrogen) atoms. The summed E-state index contributed by atoms with van der Waals surface area (Å²) in [5, 5.41) is 4.16. The van der Waals surface area contributed by atoms with Crippen LogP contribution in [0, 0.1) is 11.8 Å². The molecule has 0 bridgehead atoms. The van der Waals surface area contributed by atoms with E-state index in [1.165, 1.54) is 0 Å². The van der Waals surface area contributed by atoms with E-state index in [1.54, 1.807) is 0 Å². The van der Waals surface area contributed by atoms with E-state index in [0.717, 1.165) is 23.4 Å². The van der Waals surface area contributed by atoms with Crippen molar-refractivity contribution in [2.24, 2.45) is 16.9 Å². The summed E-state index contributed by atoms with van der Waals surface area (Å²) in [6.45, 7) is 2.63. The molecule has 1 fully saturated rings. The second kappa shape index (κ2) is 3.87. The molecule has 3 rings (SSSR count). The Labute approximate surface area is 99.7 Å². The summed E-state index contributed by atoms with van der Waals surface area (Å²) in [7, 11) is 0. The zero-order chi connectivity index (χ0) is 11.8. The number of rotatable bonds is 3. The molecule has 1 aliphatic heterocycles. The summed E-state index contributed by atoms with van der Waals surface area (Å²) >= 11 is 0. The lowest BCUT2D eigenvalue weighted by Gasteiger charge is -2.12. The Bertz CT molecular complexity index is 479. The summed E-state index contributed by atoms with van der Waals surface area (Å²) in [6, 6.07) is 7.87. The number of carbonyl (C=O) groups is 1. The van der Waals surface area contributed by atoms with Crippen LogP contribution in [0.4, 0.5) is 0 Å². The van der Waals surface area contributed by atoms with Gasteiger partial charge in [-0.1, -0.05) is 0 Å². The van der Waals surface area contributed by atoms with Gasteiger partial charge < -0.3 is 4.74 Å². The Balaban J connectivity index is 1.83. The zero-order valence-electron chi connectivity index (χ0n) is 9.64. The highest BCUT2D eigenvalue weighted by Gasteiger charge is 2.49. The van der Waals surface area contributed by atoms with Crippen LogP contribution in [-0.2, 0) is 4.79 Å². The third-order valence-corrected chi connectivity index (χ3v) is 3.23. The van der Waals surface area contributed by atoms with Crippen LogP contribution in [0.1, 0.15) is 18.9 Å². The van der Waals surface area contributed by atoms with E-state index in [0.29, 0.717) is 12.5 Å². The Morgan fingerprint density at radius 1 is 1.35 bits per heavy atom. The van der Waals surface area contributed by atoms with Gasteiger partial charge in [-0.15, -0.1) is 0 Å². The number of nitrogens with zero attached hydrogens (tertiary/aromatic N) is 1. The fourth-order valence-electron chi connectivity index (χ4n) is 2.24. The topological polar surface area (TPSA) is 50.7 Å². The van der Waals surface area contributed by atoms with Gasteiger partial charge in [0.15, 0.2) is 0 Å². The Kier molecular flexibility index (Phi) is 2.35. The van der Waals surface area contributed by atoms with Crippen molar-refractivity contribution in [1.82, 2.24) is 5.43 Å². The lowest BCUT2D eigenvalue weighted by atomic mass is 10.0. The average molecular weight is 230 g/mol. The van der Waals surface area contributed by atoms with E-state index in [4.69, 9.17) is 4.74 Å². The SMILES string of the molecule is CCOc1ccc(C2=NNC(=O)[C@@H]3C[C@@H]23)cc1. The van der Waals surface area contributed by atoms with Crippen molar-refractivity contribution >= 4 is 11.6 Å². The van der Waals surface area contributed by atoms with Crippen LogP contribution in [0.25, 0.3) is 0 Å². The van der Waals surface area contributed by atoms with Crippen molar-refractivity contribution in [3.8, 4) is 5.75 Å². The van der Waals surface area contributed by atoms with Gasteiger partial charge in [0.05, 0.1) is 12.3 Å². The van der Waals surface area contributed by atoms with Gasteiger partial charge in [0.1, 0.15) is 5.75 Å². The molecule has 0 unspecified atom stereocenters. The molecule has 1 N–H and O–H groups in total. The number of benzene rings is 1. The van der Waals surface area contributed by atoms with E-state index in [2.05, 4.69) is 10.5 Å². The van der Waals surface area contributed by atoms with E-state index < -0.39 is 0 Å². The number of ether oxygens (including phenoxy) is 1. The predicted molar refractivity (Wildman–Crippen MR) is 63.9 cm³/mol. The van der Waals surface area contributed by atoms with Gasteiger partial charge in [-0.05, 0) is 43.2 Å². The number of carbonyl (C=O) groups excluding carboxylic acids is 1. The highest BCUT2D eigenvalue weighted by molar-refractivity contribution is 6.09. The average Bonchev–Trinajstić information content (AvgIpc) is 3.12. The molecule has 1 heterocycles. The molecule has 1 aliphatic carbocycles. The first-order chi connectivity index (χ1) is 8.29. The Morgan fingerprint density at radius 2 is 2.12 bits per heavy atom. The molecule has 2 aliphatic rings. The van der Waals surface area contributed by atoms with Crippen molar-refractivity contribution < 1.29 is 9.53 Å². The van der Waals surface area contributed by atoms with Gasteiger partial charge in [0.2, 0.25) is 5.91 Å². The van der Waals surface area contributed by atoms with Crippen LogP contribution < -0.4 is 10.2 Å². The van der Waals surface area contributed by atoms with Crippen LogP contribution in [0.15, 0.2) is 29.4 Å². The minimum atomic E-state index is 0.0599. The number of hydrogen-bond donors (Lipinski definition) is 1. The number of nitrogens with one attached hydrogen (secondary N) is 1. The van der Waals surface area contributed by atoms with Crippen LogP contribution in [0.5, 0.6) is 5.75 Å². The second-order valence-electron chi connectivity index (χ2n) is 4.38. The van der Waals surface area contributed by atoms with Crippen LogP contribution in [-0.4, -0.2) is 18.2 Å². The van der Waals surface area contributed by atoms with E-state index >= 15 is 0 Å². The molecule has 0 aromatic heterocycles. The van der Waals surface area contributed by atoms with Crippen molar-refractivity contribution in [3.05, 3.63) is 29.8 Å². The Hall–Kier alpha value is -1.84. The lowest BCUT2D eigenvalue weighted by Crippen LogP contribution is -2.28. The first kappa shape index (κ1) is 10.3. The summed E-state index contributed by atoms with van der Waals surface area (Å²) < 4.78 is 5.39. The summed E-state index contributed by atoms with van der Waals surface area (Å²) in [4.78, 5) is 11.3. The Morgan fingerprint density at radius 3 is 2.82 bits per heavy atom. The molecule has 1 saturated carbocycles. The monoisotopic (exact) mass is 230 g/mol. The largest absolute Gasteiger partial charge is 0.494 e. The molecule has 0 spiro atoms. The van der Waals surface area contributed by atoms with Crippen molar-refractivity contribution in [3.63, 3.8) is 0 Å². The number of hydrazone groups is 1. The molecule has 0 saturated heterocycles. The molecule has 2 atom stereocenters. The zero-order valence-corrected chi connectivity index (χ0v) is 9.64. The third-order valence-electron chi connectivity index (χ3n) is 3.23. The normalized spacial score (nSPS) is 25.7. The summed E-state index contributed by atoms with van der Waals surface area (Å²) in [6.07, 6.45) is 0.928.